The molecule has 0 amide bonds. The number of unbranched alkanes of at least 4 members (excludes halogenated alkanes) is 6. The summed E-state index contributed by atoms with van der Waals surface area (Å²) < 4.78 is 0. The van der Waals surface area contributed by atoms with Gasteiger partial charge in [0.05, 0.1) is 0 Å². The molecule has 0 spiro atoms. The highest BCUT2D eigenvalue weighted by molar-refractivity contribution is 4.82. The van der Waals surface area contributed by atoms with Gasteiger partial charge in [-0.3, -0.25) is 0 Å². The zero-order valence-electron chi connectivity index (χ0n) is 58.9. The van der Waals surface area contributed by atoms with Crippen molar-refractivity contribution < 1.29 is 0 Å². The lowest BCUT2D eigenvalue weighted by Crippen LogP contribution is -2.04. The fourth-order valence-electron chi connectivity index (χ4n) is 3.49. The quantitative estimate of drug-likeness (QED) is 0.181. The molecule has 5 aliphatic carbocycles. The minimum atomic E-state index is 0.500. The van der Waals surface area contributed by atoms with Crippen molar-refractivity contribution in [2.24, 2.45) is 64.1 Å². The molecule has 5 saturated carbocycles. The first kappa shape index (κ1) is 96.6. The van der Waals surface area contributed by atoms with Crippen molar-refractivity contribution in [2.75, 3.05) is 0 Å². The van der Waals surface area contributed by atoms with Gasteiger partial charge in [-0.25, -0.2) is 0 Å². The van der Waals surface area contributed by atoms with Crippen LogP contribution in [0.3, 0.4) is 0 Å². The SMILES string of the molecule is CC.CC.CC(C)(C)C.CC(C)C.CC1(C)CC1.CC1CC1.CC1CCC1.CC1C[C@H]1C.CCC.CCC(C)C.CCC(C)C.CCC1CC1.CCCC.CCCC(C)C.CCCCC.CCCCCC. The van der Waals surface area contributed by atoms with E-state index in [-0.39, 0.29) is 0 Å². The lowest BCUT2D eigenvalue weighted by Gasteiger charge is -2.18. The summed E-state index contributed by atoms with van der Waals surface area (Å²) in [4.78, 5) is 0. The van der Waals surface area contributed by atoms with Gasteiger partial charge < -0.3 is 0 Å². The molecule has 0 N–H and O–H groups in total. The maximum Gasteiger partial charge on any atom is -0.0354 e. The Morgan fingerprint density at radius 3 is 0.662 bits per heavy atom. The molecule has 5 fully saturated rings. The van der Waals surface area contributed by atoms with Crippen LogP contribution in [0, 0.1) is 64.1 Å². The minimum absolute atomic E-state index is 0.500. The van der Waals surface area contributed by atoms with Gasteiger partial charge in [0.1, 0.15) is 0 Å². The van der Waals surface area contributed by atoms with E-state index in [4.69, 9.17) is 0 Å². The second kappa shape index (κ2) is 81.4. The van der Waals surface area contributed by atoms with Crippen LogP contribution in [0.4, 0.5) is 0 Å². The fourth-order valence-corrected chi connectivity index (χ4v) is 3.49. The standard InChI is InChI=1S/2C6H14.4C5H10.4C5H12.C4H8.2C4H10.C3H8.2C2H6/c1-4-5-6(2)3;1-3-5-6-4-2;1-5(2)3-4-5;1-4-3-5(4)2;1-5-3-2-4-5;1-2-5-3-4-5;1-5(2,3)4;2*1-4-5(2)3;1-3-5-4-2;1-4-2-3-4;1-4(2)3;1-3-4-2;1-3-2;2*1-2/h6H,4-5H2,1-3H3;3-6H2,1-2H3;3-4H2,1-2H3;4-5H,3H2,1-2H3;2*5H,2-4H2,1H3;1-4H3;2*5H,4H2,1-3H3;3-5H2,1-2H3;4H,2-3H2,1H3;4H,1-3H3;3-4H2,1-2H3;3H2,1-2H3;2*1-2H3/t;;;4-,5?;;;;;;;;;;;;/m...1............/s1. The first-order chi connectivity index (χ1) is 32.9. The maximum atomic E-state index is 2.31. The van der Waals surface area contributed by atoms with Crippen molar-refractivity contribution in [1.29, 1.82) is 0 Å². The molecule has 0 radical (unpaired) electrons. The third-order valence-corrected chi connectivity index (χ3v) is 11.0. The van der Waals surface area contributed by atoms with Crippen molar-refractivity contribution in [1.82, 2.24) is 0 Å². The molecule has 0 aliphatic heterocycles. The van der Waals surface area contributed by atoms with E-state index in [2.05, 4.69) is 215 Å². The molecule has 71 heavy (non-hydrogen) atoms. The summed E-state index contributed by atoms with van der Waals surface area (Å²) in [6.45, 7) is 76.8. The van der Waals surface area contributed by atoms with Crippen LogP contribution in [-0.2, 0) is 0 Å². The van der Waals surface area contributed by atoms with Crippen LogP contribution in [0.5, 0.6) is 0 Å². The maximum absolute atomic E-state index is 2.31. The highest BCUT2D eigenvalue weighted by atomic mass is 14.4. The van der Waals surface area contributed by atoms with Gasteiger partial charge in [-0.1, -0.05) is 384 Å². The van der Waals surface area contributed by atoms with Gasteiger partial charge in [-0.05, 0) is 83.4 Å². The molecule has 1 unspecified atom stereocenters. The Balaban J connectivity index is -0.0000000605. The Kier molecular flexibility index (Phi) is 111. The third kappa shape index (κ3) is 224. The number of hydrogen-bond acceptors (Lipinski definition) is 0. The van der Waals surface area contributed by atoms with Gasteiger partial charge in [-0.2, -0.15) is 0 Å². The van der Waals surface area contributed by atoms with Gasteiger partial charge in [0, 0.05) is 0 Å². The van der Waals surface area contributed by atoms with E-state index in [1.807, 2.05) is 27.7 Å². The average Bonchev–Trinajstić information content (AvgIpc) is 4.09. The molecule has 0 heteroatoms. The first-order valence-corrected chi connectivity index (χ1v) is 32.9. The summed E-state index contributed by atoms with van der Waals surface area (Å²) in [5.41, 5.74) is 1.25. The van der Waals surface area contributed by atoms with Crippen molar-refractivity contribution in [3.05, 3.63) is 0 Å². The van der Waals surface area contributed by atoms with Gasteiger partial charge in [0.25, 0.3) is 0 Å². The van der Waals surface area contributed by atoms with Gasteiger partial charge in [-0.15, -0.1) is 0 Å². The molecule has 5 rings (SSSR count). The van der Waals surface area contributed by atoms with E-state index >= 15 is 0 Å². The Hall–Kier alpha value is 0. The molecule has 0 saturated heterocycles. The topological polar surface area (TPSA) is 0 Å². The van der Waals surface area contributed by atoms with Crippen molar-refractivity contribution in [2.45, 2.75) is 403 Å². The van der Waals surface area contributed by atoms with E-state index in [0.717, 1.165) is 58.7 Å². The Morgan fingerprint density at radius 1 is 0.423 bits per heavy atom. The normalized spacial score (nSPS) is 16.3. The Labute approximate surface area is 464 Å². The molecule has 0 bridgehead atoms. The predicted molar refractivity (Wildman–Crippen MR) is 350 cm³/mol. The van der Waals surface area contributed by atoms with Gasteiger partial charge >= 0.3 is 0 Å². The van der Waals surface area contributed by atoms with E-state index in [9.17, 15) is 0 Å². The van der Waals surface area contributed by atoms with Crippen molar-refractivity contribution in [3.8, 4) is 0 Å². The van der Waals surface area contributed by atoms with E-state index in [1.165, 1.54) is 161 Å². The summed E-state index contributed by atoms with van der Waals surface area (Å²) in [7, 11) is 0. The van der Waals surface area contributed by atoms with Crippen LogP contribution in [0.25, 0.3) is 0 Å². The molecule has 0 heterocycles. The average molecular weight is 1020 g/mol. The third-order valence-electron chi connectivity index (χ3n) is 11.0. The zero-order chi connectivity index (χ0) is 58.9. The van der Waals surface area contributed by atoms with E-state index in [1.54, 1.807) is 0 Å². The molecule has 0 aromatic carbocycles. The molecule has 0 aromatic heterocycles. The van der Waals surface area contributed by atoms with Crippen LogP contribution in [0.15, 0.2) is 0 Å². The predicted octanol–water partition coefficient (Wildman–Crippen LogP) is 28.8. The lowest BCUT2D eigenvalue weighted by atomic mass is 9.88. The van der Waals surface area contributed by atoms with E-state index in [0.29, 0.717) is 5.41 Å². The summed E-state index contributed by atoms with van der Waals surface area (Å²) in [5, 5.41) is 0. The zero-order valence-corrected chi connectivity index (χ0v) is 58.9. The smallest absolute Gasteiger partial charge is 0.0354 e. The molecular weight excluding hydrogens is 853 g/mol. The highest BCUT2D eigenvalue weighted by Crippen LogP contribution is 2.43. The molecule has 0 aromatic rings. The summed E-state index contributed by atoms with van der Waals surface area (Å²) in [5.74, 6) is 8.88. The molecule has 448 valence electrons. The molecule has 5 aliphatic rings. The van der Waals surface area contributed by atoms with Crippen molar-refractivity contribution in [3.63, 3.8) is 0 Å². The number of rotatable bonds is 11. The first-order valence-electron chi connectivity index (χ1n) is 32.9. The van der Waals surface area contributed by atoms with E-state index < -0.39 is 0 Å². The monoisotopic (exact) mass is 1020 g/mol. The fraction of sp³-hybridized carbons (Fsp3) is 1.00. The second-order valence-electron chi connectivity index (χ2n) is 25.7. The minimum Gasteiger partial charge on any atom is -0.0683 e. The van der Waals surface area contributed by atoms with Crippen LogP contribution in [-0.4, -0.2) is 0 Å². The lowest BCUT2D eigenvalue weighted by molar-refractivity contribution is 0.346. The van der Waals surface area contributed by atoms with Gasteiger partial charge in [0.15, 0.2) is 0 Å². The second-order valence-corrected chi connectivity index (χ2v) is 25.7. The van der Waals surface area contributed by atoms with Crippen LogP contribution >= 0.6 is 0 Å². The van der Waals surface area contributed by atoms with Crippen LogP contribution < -0.4 is 0 Å². The van der Waals surface area contributed by atoms with Crippen LogP contribution in [0.2, 0.25) is 0 Å². The summed E-state index contributed by atoms with van der Waals surface area (Å²) in [6.07, 6.45) is 35.1. The summed E-state index contributed by atoms with van der Waals surface area (Å²) >= 11 is 0. The van der Waals surface area contributed by atoms with Crippen molar-refractivity contribution >= 4 is 0 Å². The summed E-state index contributed by atoms with van der Waals surface area (Å²) in [6, 6.07) is 0. The van der Waals surface area contributed by atoms with Gasteiger partial charge in [0.2, 0.25) is 0 Å². The Bertz CT molecular complexity index is 679. The molecule has 0 nitrogen and oxygen atoms in total. The number of hydrogen-bond donors (Lipinski definition) is 0. The largest absolute Gasteiger partial charge is 0.0683 e. The van der Waals surface area contributed by atoms with Crippen LogP contribution in [0.1, 0.15) is 403 Å². The molecular formula is C71H164. The molecule has 2 atom stereocenters. The Morgan fingerprint density at radius 2 is 0.648 bits per heavy atom. The highest BCUT2D eigenvalue weighted by Gasteiger charge is 2.30.